The van der Waals surface area contributed by atoms with Gasteiger partial charge in [0, 0.05) is 24.5 Å². The maximum Gasteiger partial charge on any atom is 0.282 e. The topological polar surface area (TPSA) is 52.7 Å². The van der Waals surface area contributed by atoms with Crippen molar-refractivity contribution in [1.29, 1.82) is 0 Å². The summed E-state index contributed by atoms with van der Waals surface area (Å²) < 4.78 is 0. The molecule has 0 aliphatic carbocycles. The lowest BCUT2D eigenvalue weighted by molar-refractivity contribution is -0.120. The lowest BCUT2D eigenvalue weighted by Crippen LogP contribution is -2.32. The van der Waals surface area contributed by atoms with Crippen molar-refractivity contribution in [2.24, 2.45) is 0 Å². The number of amides is 2. The van der Waals surface area contributed by atoms with Crippen molar-refractivity contribution in [3.8, 4) is 0 Å². The van der Waals surface area contributed by atoms with Crippen molar-refractivity contribution in [1.82, 2.24) is 0 Å². The number of imide groups is 1. The molecular formula is C30H33N3O2. The summed E-state index contributed by atoms with van der Waals surface area (Å²) in [5.41, 5.74) is 7.26. The molecule has 0 aromatic heterocycles. The molecule has 0 atom stereocenters. The van der Waals surface area contributed by atoms with Gasteiger partial charge < -0.3 is 10.2 Å². The largest absolute Gasteiger partial charge is 0.372 e. The Bertz CT molecular complexity index is 1270. The Hall–Kier alpha value is -3.86. The van der Waals surface area contributed by atoms with E-state index in [0.29, 0.717) is 17.0 Å². The average Bonchev–Trinajstić information content (AvgIpc) is 3.11. The Balaban J connectivity index is 1.75. The van der Waals surface area contributed by atoms with Crippen molar-refractivity contribution in [3.05, 3.63) is 94.7 Å². The molecule has 35 heavy (non-hydrogen) atoms. The van der Waals surface area contributed by atoms with E-state index in [1.165, 1.54) is 4.90 Å². The summed E-state index contributed by atoms with van der Waals surface area (Å²) in [4.78, 5) is 30.9. The molecule has 0 spiro atoms. The Morgan fingerprint density at radius 2 is 1.43 bits per heavy atom. The molecule has 180 valence electrons. The molecule has 1 heterocycles. The zero-order chi connectivity index (χ0) is 25.1. The average molecular weight is 468 g/mol. The summed E-state index contributed by atoms with van der Waals surface area (Å²) in [7, 11) is 0. The molecule has 3 aromatic rings. The van der Waals surface area contributed by atoms with Crippen LogP contribution in [0.3, 0.4) is 0 Å². The summed E-state index contributed by atoms with van der Waals surface area (Å²) in [6.07, 6.45) is 0.893. The fourth-order valence-electron chi connectivity index (χ4n) is 4.41. The first-order chi connectivity index (χ1) is 16.9. The van der Waals surface area contributed by atoms with E-state index in [9.17, 15) is 9.59 Å². The molecule has 5 heteroatoms. The van der Waals surface area contributed by atoms with Crippen molar-refractivity contribution in [3.63, 3.8) is 0 Å². The minimum atomic E-state index is -0.347. The summed E-state index contributed by atoms with van der Waals surface area (Å²) in [6.45, 7) is 12.2. The molecule has 0 saturated heterocycles. The highest BCUT2D eigenvalue weighted by molar-refractivity contribution is 6.46. The van der Waals surface area contributed by atoms with Gasteiger partial charge in [-0.15, -0.1) is 0 Å². The van der Waals surface area contributed by atoms with E-state index < -0.39 is 0 Å². The molecule has 5 nitrogen and oxygen atoms in total. The third-order valence-corrected chi connectivity index (χ3v) is 6.75. The molecule has 2 amide bonds. The van der Waals surface area contributed by atoms with Gasteiger partial charge in [-0.3, -0.25) is 9.59 Å². The van der Waals surface area contributed by atoms with Crippen molar-refractivity contribution < 1.29 is 9.59 Å². The van der Waals surface area contributed by atoms with Crippen LogP contribution in [0.1, 0.15) is 43.0 Å². The van der Waals surface area contributed by atoms with Crippen LogP contribution in [0, 0.1) is 13.8 Å². The van der Waals surface area contributed by atoms with Crippen LogP contribution in [0.4, 0.5) is 17.1 Å². The van der Waals surface area contributed by atoms with Gasteiger partial charge in [0.05, 0.1) is 11.3 Å². The number of nitrogens with one attached hydrogen (secondary N) is 1. The normalized spacial score (nSPS) is 13.6. The van der Waals surface area contributed by atoms with Crippen LogP contribution in [0.15, 0.2) is 72.4 Å². The number of carbonyl (C=O) groups excluding carboxylic acids is 2. The van der Waals surface area contributed by atoms with Gasteiger partial charge in [-0.25, -0.2) is 4.90 Å². The number of rotatable bonds is 8. The molecule has 4 rings (SSSR count). The van der Waals surface area contributed by atoms with Crippen molar-refractivity contribution in [2.45, 2.75) is 41.0 Å². The fraction of sp³-hybridized carbons (Fsp3) is 0.267. The van der Waals surface area contributed by atoms with Crippen molar-refractivity contribution in [2.75, 3.05) is 28.2 Å². The van der Waals surface area contributed by atoms with Crippen LogP contribution in [0.2, 0.25) is 0 Å². The standard InChI is InChI=1S/C30H33N3O2/c1-6-22-10-15-26(16-11-22)33-29(34)27(23-12-9-20(4)21(5)19-23)28(30(33)35)31-24-13-17-25(18-14-24)32(7-2)8-3/h9-19,31H,6-8H2,1-5H3. The summed E-state index contributed by atoms with van der Waals surface area (Å²) in [5.74, 6) is -0.662. The summed E-state index contributed by atoms with van der Waals surface area (Å²) in [6, 6.07) is 21.5. The van der Waals surface area contributed by atoms with Gasteiger partial charge in [0.15, 0.2) is 0 Å². The third-order valence-electron chi connectivity index (χ3n) is 6.75. The monoisotopic (exact) mass is 467 g/mol. The zero-order valence-corrected chi connectivity index (χ0v) is 21.2. The molecule has 0 saturated carbocycles. The lowest BCUT2D eigenvalue weighted by atomic mass is 9.99. The predicted octanol–water partition coefficient (Wildman–Crippen LogP) is 6.11. The second-order valence-corrected chi connectivity index (χ2v) is 8.86. The maximum absolute atomic E-state index is 13.7. The van der Waals surface area contributed by atoms with Crippen LogP contribution in [0.5, 0.6) is 0 Å². The van der Waals surface area contributed by atoms with E-state index in [4.69, 9.17) is 0 Å². The van der Waals surface area contributed by atoms with Gasteiger partial charge in [-0.2, -0.15) is 0 Å². The minimum Gasteiger partial charge on any atom is -0.372 e. The van der Waals surface area contributed by atoms with Crippen LogP contribution in [-0.4, -0.2) is 24.9 Å². The predicted molar refractivity (Wildman–Crippen MR) is 145 cm³/mol. The Morgan fingerprint density at radius 1 is 0.771 bits per heavy atom. The van der Waals surface area contributed by atoms with Gasteiger partial charge in [-0.05, 0) is 92.8 Å². The highest BCUT2D eigenvalue weighted by Gasteiger charge is 2.40. The summed E-state index contributed by atoms with van der Waals surface area (Å²) in [5, 5.41) is 3.28. The van der Waals surface area contributed by atoms with Gasteiger partial charge >= 0.3 is 0 Å². The Labute approximate surface area is 208 Å². The fourth-order valence-corrected chi connectivity index (χ4v) is 4.41. The zero-order valence-electron chi connectivity index (χ0n) is 21.2. The van der Waals surface area contributed by atoms with E-state index in [2.05, 4.69) is 31.0 Å². The van der Waals surface area contributed by atoms with E-state index >= 15 is 0 Å². The molecule has 0 fully saturated rings. The highest BCUT2D eigenvalue weighted by atomic mass is 16.2. The first-order valence-corrected chi connectivity index (χ1v) is 12.3. The van der Waals surface area contributed by atoms with E-state index in [-0.39, 0.29) is 11.8 Å². The number of benzene rings is 3. The number of hydrogen-bond donors (Lipinski definition) is 1. The van der Waals surface area contributed by atoms with Gasteiger partial charge in [0.2, 0.25) is 0 Å². The molecule has 0 unspecified atom stereocenters. The van der Waals surface area contributed by atoms with Crippen LogP contribution >= 0.6 is 0 Å². The third kappa shape index (κ3) is 4.72. The number of carbonyl (C=O) groups is 2. The first-order valence-electron chi connectivity index (χ1n) is 12.3. The molecule has 1 N–H and O–H groups in total. The van der Waals surface area contributed by atoms with Gasteiger partial charge in [0.25, 0.3) is 11.8 Å². The Morgan fingerprint density at radius 3 is 2.00 bits per heavy atom. The number of nitrogens with zero attached hydrogens (tertiary/aromatic N) is 2. The van der Waals surface area contributed by atoms with Gasteiger partial charge in [0.1, 0.15) is 5.70 Å². The molecule has 1 aliphatic heterocycles. The molecule has 0 bridgehead atoms. The van der Waals surface area contributed by atoms with Crippen LogP contribution in [0.25, 0.3) is 5.57 Å². The van der Waals surface area contributed by atoms with E-state index in [1.807, 2.05) is 80.6 Å². The second kappa shape index (κ2) is 10.2. The molecule has 1 aliphatic rings. The van der Waals surface area contributed by atoms with E-state index in [1.54, 1.807) is 0 Å². The number of aryl methyl sites for hydroxylation is 3. The lowest BCUT2D eigenvalue weighted by Gasteiger charge is -2.21. The first kappa shape index (κ1) is 24.3. The summed E-state index contributed by atoms with van der Waals surface area (Å²) >= 11 is 0. The smallest absolute Gasteiger partial charge is 0.282 e. The highest BCUT2D eigenvalue weighted by Crippen LogP contribution is 2.35. The molecular weight excluding hydrogens is 434 g/mol. The molecule has 3 aromatic carbocycles. The Kier molecular flexibility index (Phi) is 7.06. The maximum atomic E-state index is 13.7. The minimum absolute atomic E-state index is 0.299. The number of hydrogen-bond acceptors (Lipinski definition) is 4. The number of anilines is 3. The van der Waals surface area contributed by atoms with Crippen LogP contribution < -0.4 is 15.1 Å². The second-order valence-electron chi connectivity index (χ2n) is 8.86. The SMILES string of the molecule is CCc1ccc(N2C(=O)C(Nc3ccc(N(CC)CC)cc3)=C(c3ccc(C)c(C)c3)C2=O)cc1. The van der Waals surface area contributed by atoms with Crippen molar-refractivity contribution >= 4 is 34.4 Å². The van der Waals surface area contributed by atoms with Gasteiger partial charge in [-0.1, -0.05) is 37.3 Å². The quantitative estimate of drug-likeness (QED) is 0.406. The molecule has 0 radical (unpaired) electrons. The van der Waals surface area contributed by atoms with Crippen LogP contribution in [-0.2, 0) is 16.0 Å². The van der Waals surface area contributed by atoms with E-state index in [0.717, 1.165) is 53.1 Å².